The minimum Gasteiger partial charge on any atom is -0.422 e. The molecule has 0 atom stereocenters. The SMILES string of the molecule is Cc1nn(-c2ccccc2)c2c1c(=O)oc1ccc(N3c4ccccc4C(c4ccccc4)(c4ccccc4)c4cc(-n5c6ccccc6c6ccccc65)ccc43)cc12. The van der Waals surface area contributed by atoms with Crippen LogP contribution in [0.3, 0.4) is 0 Å². The zero-order chi connectivity index (χ0) is 40.0. The van der Waals surface area contributed by atoms with E-state index in [1.165, 1.54) is 21.9 Å². The molecule has 0 saturated carbocycles. The normalized spacial score (nSPS) is 13.2. The van der Waals surface area contributed by atoms with Crippen molar-refractivity contribution in [1.29, 1.82) is 0 Å². The summed E-state index contributed by atoms with van der Waals surface area (Å²) in [5.41, 5.74) is 12.7. The van der Waals surface area contributed by atoms with Gasteiger partial charge in [-0.3, -0.25) is 0 Å². The second kappa shape index (κ2) is 13.0. The van der Waals surface area contributed by atoms with Crippen molar-refractivity contribution >= 4 is 60.7 Å². The molecule has 0 N–H and O–H groups in total. The Morgan fingerprint density at radius 3 is 1.75 bits per heavy atom. The van der Waals surface area contributed by atoms with Crippen LogP contribution in [-0.4, -0.2) is 14.3 Å². The summed E-state index contributed by atoms with van der Waals surface area (Å²) in [6, 6.07) is 71.0. The van der Waals surface area contributed by atoms with E-state index in [0.29, 0.717) is 16.7 Å². The van der Waals surface area contributed by atoms with E-state index in [1.54, 1.807) is 0 Å². The van der Waals surface area contributed by atoms with Crippen LogP contribution in [0.2, 0.25) is 0 Å². The molecule has 6 heteroatoms. The van der Waals surface area contributed by atoms with Gasteiger partial charge in [0.15, 0.2) is 0 Å². The summed E-state index contributed by atoms with van der Waals surface area (Å²) in [5.74, 6) is 0. The molecule has 0 radical (unpaired) electrons. The lowest BCUT2D eigenvalue weighted by Crippen LogP contribution is -2.37. The molecular formula is C54H36N4O2. The Bertz CT molecular complexity index is 3440. The third-order valence-electron chi connectivity index (χ3n) is 12.4. The van der Waals surface area contributed by atoms with Crippen molar-refractivity contribution in [3.8, 4) is 11.4 Å². The third kappa shape index (κ3) is 4.76. The fourth-order valence-corrected chi connectivity index (χ4v) is 9.92. The Hall–Kier alpha value is -7.96. The molecular weight excluding hydrogens is 737 g/mol. The van der Waals surface area contributed by atoms with Crippen LogP contribution in [0.5, 0.6) is 0 Å². The quantitative estimate of drug-likeness (QED) is 0.164. The van der Waals surface area contributed by atoms with Gasteiger partial charge in [-0.1, -0.05) is 133 Å². The highest BCUT2D eigenvalue weighted by Crippen LogP contribution is 2.58. The van der Waals surface area contributed by atoms with Crippen molar-refractivity contribution < 1.29 is 4.42 Å². The van der Waals surface area contributed by atoms with Gasteiger partial charge in [-0.2, -0.15) is 5.10 Å². The smallest absolute Gasteiger partial charge is 0.347 e. The van der Waals surface area contributed by atoms with Gasteiger partial charge in [0.1, 0.15) is 11.0 Å². The molecule has 0 amide bonds. The summed E-state index contributed by atoms with van der Waals surface area (Å²) in [6.45, 7) is 1.87. The fraction of sp³-hybridized carbons (Fsp3) is 0.0370. The van der Waals surface area contributed by atoms with E-state index >= 15 is 0 Å². The van der Waals surface area contributed by atoms with Crippen molar-refractivity contribution in [2.24, 2.45) is 0 Å². The highest BCUT2D eigenvalue weighted by atomic mass is 16.4. The number of benzene rings is 8. The van der Waals surface area contributed by atoms with Crippen LogP contribution in [0.15, 0.2) is 209 Å². The minimum atomic E-state index is -0.695. The molecule has 6 nitrogen and oxygen atoms in total. The van der Waals surface area contributed by atoms with Crippen LogP contribution in [0.4, 0.5) is 17.1 Å². The van der Waals surface area contributed by atoms with Gasteiger partial charge < -0.3 is 13.9 Å². The molecule has 0 unspecified atom stereocenters. The van der Waals surface area contributed by atoms with E-state index in [1.807, 2.05) is 48.0 Å². The lowest BCUT2D eigenvalue weighted by Gasteiger charge is -2.46. The van der Waals surface area contributed by atoms with Crippen LogP contribution in [0, 0.1) is 6.92 Å². The number of hydrogen-bond acceptors (Lipinski definition) is 4. The van der Waals surface area contributed by atoms with E-state index < -0.39 is 11.0 Å². The van der Waals surface area contributed by atoms with Crippen LogP contribution < -0.4 is 10.5 Å². The lowest BCUT2D eigenvalue weighted by atomic mass is 9.62. The summed E-state index contributed by atoms with van der Waals surface area (Å²) in [4.78, 5) is 15.9. The number of hydrogen-bond donors (Lipinski definition) is 0. The first-order valence-corrected chi connectivity index (χ1v) is 20.3. The summed E-state index contributed by atoms with van der Waals surface area (Å²) in [6.07, 6.45) is 0. The molecule has 284 valence electrons. The molecule has 0 saturated heterocycles. The highest BCUT2D eigenvalue weighted by molar-refractivity contribution is 6.09. The molecule has 4 heterocycles. The van der Waals surface area contributed by atoms with Crippen LogP contribution in [0.1, 0.15) is 27.9 Å². The van der Waals surface area contributed by atoms with Gasteiger partial charge in [0.05, 0.1) is 44.7 Å². The number of aromatic nitrogens is 3. The molecule has 0 fully saturated rings. The van der Waals surface area contributed by atoms with Crippen molar-refractivity contribution in [1.82, 2.24) is 14.3 Å². The zero-order valence-electron chi connectivity index (χ0n) is 32.7. The number of rotatable bonds is 5. The van der Waals surface area contributed by atoms with Crippen LogP contribution >= 0.6 is 0 Å². The first-order valence-electron chi connectivity index (χ1n) is 20.3. The molecule has 0 bridgehead atoms. The molecule has 1 aliphatic rings. The molecule has 11 aromatic rings. The number of aryl methyl sites for hydroxylation is 1. The number of anilines is 3. The highest BCUT2D eigenvalue weighted by Gasteiger charge is 2.46. The van der Waals surface area contributed by atoms with Gasteiger partial charge in [0.25, 0.3) is 0 Å². The third-order valence-corrected chi connectivity index (χ3v) is 12.4. The maximum Gasteiger partial charge on any atom is 0.347 e. The van der Waals surface area contributed by atoms with Gasteiger partial charge in [-0.05, 0) is 95.9 Å². The van der Waals surface area contributed by atoms with Gasteiger partial charge >= 0.3 is 5.63 Å². The second-order valence-electron chi connectivity index (χ2n) is 15.5. The molecule has 0 aliphatic carbocycles. The van der Waals surface area contributed by atoms with Gasteiger partial charge in [-0.25, -0.2) is 9.48 Å². The zero-order valence-corrected chi connectivity index (χ0v) is 32.7. The van der Waals surface area contributed by atoms with E-state index in [4.69, 9.17) is 9.52 Å². The Morgan fingerprint density at radius 1 is 0.500 bits per heavy atom. The molecule has 12 rings (SSSR count). The lowest BCUT2D eigenvalue weighted by molar-refractivity contribution is 0.569. The number of nitrogens with zero attached hydrogens (tertiary/aromatic N) is 4. The Balaban J connectivity index is 1.20. The summed E-state index contributed by atoms with van der Waals surface area (Å²) in [7, 11) is 0. The average Bonchev–Trinajstić information content (AvgIpc) is 3.84. The first kappa shape index (κ1) is 34.1. The summed E-state index contributed by atoms with van der Waals surface area (Å²) in [5, 5.41) is 8.60. The van der Waals surface area contributed by atoms with Crippen molar-refractivity contribution in [2.75, 3.05) is 4.90 Å². The molecule has 0 spiro atoms. The first-order chi connectivity index (χ1) is 29.6. The monoisotopic (exact) mass is 772 g/mol. The number of para-hydroxylation sites is 4. The predicted molar refractivity (Wildman–Crippen MR) is 243 cm³/mol. The maximum atomic E-state index is 13.6. The van der Waals surface area contributed by atoms with Crippen LogP contribution in [0.25, 0.3) is 55.1 Å². The summed E-state index contributed by atoms with van der Waals surface area (Å²) < 4.78 is 10.3. The topological polar surface area (TPSA) is 56.2 Å². The Kier molecular flexibility index (Phi) is 7.41. The van der Waals surface area contributed by atoms with E-state index in [2.05, 4.69) is 173 Å². The van der Waals surface area contributed by atoms with E-state index in [-0.39, 0.29) is 0 Å². The minimum absolute atomic E-state index is 0.397. The van der Waals surface area contributed by atoms with E-state index in [0.717, 1.165) is 61.5 Å². The average molecular weight is 773 g/mol. The maximum absolute atomic E-state index is 13.6. The van der Waals surface area contributed by atoms with E-state index in [9.17, 15) is 4.79 Å². The standard InChI is InChI=1S/C54H36N4O2/c1-35-51-52(58(55-35)38-21-9-4-10-22-38)43-33-39(30-32-50(43)60-53(51)59)57-48-28-16-13-25-44(48)54(36-17-5-2-6-18-36,37-19-7-3-8-20-37)45-34-40(29-31-49(45)57)56-46-26-14-11-23-41(46)42-24-12-15-27-47(42)56/h2-34H,1H3. The largest absolute Gasteiger partial charge is 0.422 e. The summed E-state index contributed by atoms with van der Waals surface area (Å²) >= 11 is 0. The Labute approximate surface area is 345 Å². The predicted octanol–water partition coefficient (Wildman–Crippen LogP) is 12.7. The van der Waals surface area contributed by atoms with Gasteiger partial charge in [0, 0.05) is 27.5 Å². The number of fused-ring (bicyclic) bond motifs is 8. The van der Waals surface area contributed by atoms with Crippen molar-refractivity contribution in [3.63, 3.8) is 0 Å². The molecule has 8 aromatic carbocycles. The Morgan fingerprint density at radius 2 is 1.07 bits per heavy atom. The molecule has 3 aromatic heterocycles. The molecule has 60 heavy (non-hydrogen) atoms. The second-order valence-corrected chi connectivity index (χ2v) is 15.5. The van der Waals surface area contributed by atoms with Crippen LogP contribution in [-0.2, 0) is 5.41 Å². The molecule has 1 aliphatic heterocycles. The van der Waals surface area contributed by atoms with Crippen molar-refractivity contribution in [2.45, 2.75) is 12.3 Å². The van der Waals surface area contributed by atoms with Crippen molar-refractivity contribution in [3.05, 3.63) is 239 Å². The van der Waals surface area contributed by atoms with Gasteiger partial charge in [-0.15, -0.1) is 0 Å². The van der Waals surface area contributed by atoms with Gasteiger partial charge in [0.2, 0.25) is 0 Å². The fourth-order valence-electron chi connectivity index (χ4n) is 9.92.